The molecule has 1 aromatic rings. The fraction of sp³-hybridized carbons (Fsp3) is 0.308. The number of aryl methyl sites for hydroxylation is 2. The van der Waals surface area contributed by atoms with Crippen molar-refractivity contribution in [3.05, 3.63) is 41.5 Å². The van der Waals surface area contributed by atoms with Crippen LogP contribution in [0.2, 0.25) is 0 Å². The molecule has 0 aliphatic rings. The van der Waals surface area contributed by atoms with Gasteiger partial charge >= 0.3 is 5.97 Å². The zero-order valence-electron chi connectivity index (χ0n) is 10.4. The van der Waals surface area contributed by atoms with E-state index >= 15 is 0 Å². The maximum Gasteiger partial charge on any atom is 0.335 e. The predicted molar refractivity (Wildman–Crippen MR) is 69.7 cm³/mol. The van der Waals surface area contributed by atoms with Gasteiger partial charge in [-0.2, -0.15) is 0 Å². The van der Waals surface area contributed by atoms with Crippen molar-refractivity contribution in [3.63, 3.8) is 0 Å². The lowest BCUT2D eigenvalue weighted by Gasteiger charge is -2.10. The second-order valence-corrected chi connectivity index (χ2v) is 6.21. The molecule has 1 rings (SSSR count). The van der Waals surface area contributed by atoms with Crippen LogP contribution in [0.3, 0.4) is 0 Å². The van der Waals surface area contributed by atoms with Gasteiger partial charge in [0, 0.05) is 0 Å². The van der Waals surface area contributed by atoms with Gasteiger partial charge in [0.1, 0.15) is 0 Å². The van der Waals surface area contributed by atoms with Gasteiger partial charge < -0.3 is 5.11 Å². The van der Waals surface area contributed by atoms with Gasteiger partial charge in [-0.05, 0) is 37.5 Å². The average Bonchev–Trinajstić information content (AvgIpc) is 2.25. The van der Waals surface area contributed by atoms with Gasteiger partial charge in [-0.1, -0.05) is 12.1 Å². The molecule has 0 saturated carbocycles. The molecule has 0 saturated heterocycles. The summed E-state index contributed by atoms with van der Waals surface area (Å²) in [6.07, 6.45) is 1.87. The van der Waals surface area contributed by atoms with Crippen LogP contribution in [0, 0.1) is 13.8 Å². The van der Waals surface area contributed by atoms with E-state index in [1.165, 1.54) is 12.1 Å². The van der Waals surface area contributed by atoms with Crippen molar-refractivity contribution < 1.29 is 18.3 Å². The average molecular weight is 268 g/mol. The molecule has 18 heavy (non-hydrogen) atoms. The van der Waals surface area contributed by atoms with Crippen LogP contribution in [-0.2, 0) is 9.84 Å². The van der Waals surface area contributed by atoms with Crippen molar-refractivity contribution in [1.29, 1.82) is 0 Å². The van der Waals surface area contributed by atoms with Crippen LogP contribution in [0.4, 0.5) is 0 Å². The highest BCUT2D eigenvalue weighted by molar-refractivity contribution is 7.91. The number of carbonyl (C=O) groups is 1. The third kappa shape index (κ3) is 2.98. The first kappa shape index (κ1) is 14.4. The van der Waals surface area contributed by atoms with Crippen LogP contribution in [0.15, 0.2) is 29.7 Å². The van der Waals surface area contributed by atoms with Gasteiger partial charge in [0.25, 0.3) is 0 Å². The lowest BCUT2D eigenvalue weighted by molar-refractivity contribution is 0.0696. The maximum absolute atomic E-state index is 12.1. The van der Waals surface area contributed by atoms with Gasteiger partial charge in [-0.25, -0.2) is 13.2 Å². The summed E-state index contributed by atoms with van der Waals surface area (Å²) >= 11 is 0. The fourth-order valence-electron chi connectivity index (χ4n) is 1.75. The number of carboxylic acid groups (broad SMARTS) is 1. The molecule has 0 spiro atoms. The smallest absolute Gasteiger partial charge is 0.335 e. The second kappa shape index (κ2) is 5.35. The van der Waals surface area contributed by atoms with Crippen LogP contribution in [0.1, 0.15) is 27.9 Å². The summed E-state index contributed by atoms with van der Waals surface area (Å²) in [5.74, 6) is -1.17. The van der Waals surface area contributed by atoms with Crippen LogP contribution >= 0.6 is 0 Å². The molecule has 4 nitrogen and oxygen atoms in total. The Bertz CT molecular complexity index is 585. The van der Waals surface area contributed by atoms with Crippen molar-refractivity contribution in [3.8, 4) is 0 Å². The number of sulfone groups is 1. The monoisotopic (exact) mass is 268 g/mol. The summed E-state index contributed by atoms with van der Waals surface area (Å²) < 4.78 is 24.1. The van der Waals surface area contributed by atoms with E-state index in [4.69, 9.17) is 5.11 Å². The molecule has 0 bridgehead atoms. The largest absolute Gasteiger partial charge is 0.478 e. The Balaban J connectivity index is 3.37. The highest BCUT2D eigenvalue weighted by Gasteiger charge is 2.20. The molecule has 1 aromatic carbocycles. The molecule has 5 heteroatoms. The molecule has 0 radical (unpaired) electrons. The van der Waals surface area contributed by atoms with Gasteiger partial charge in [0.15, 0.2) is 9.84 Å². The maximum atomic E-state index is 12.1. The molecule has 0 atom stereocenters. The molecule has 0 unspecified atom stereocenters. The summed E-state index contributed by atoms with van der Waals surface area (Å²) in [5, 5.41) is 9.01. The molecule has 0 heterocycles. The summed E-state index contributed by atoms with van der Waals surface area (Å²) in [5.41, 5.74) is 1.15. The summed E-state index contributed by atoms with van der Waals surface area (Å²) in [4.78, 5) is 11.1. The number of aromatic carboxylic acids is 1. The summed E-state index contributed by atoms with van der Waals surface area (Å²) in [6, 6.07) is 2.83. The normalized spacial score (nSPS) is 11.2. The number of benzene rings is 1. The minimum absolute atomic E-state index is 0.0257. The van der Waals surface area contributed by atoms with Crippen molar-refractivity contribution in [2.24, 2.45) is 0 Å². The van der Waals surface area contributed by atoms with Crippen molar-refractivity contribution in [2.45, 2.75) is 25.2 Å². The van der Waals surface area contributed by atoms with Gasteiger partial charge in [-0.3, -0.25) is 0 Å². The van der Waals surface area contributed by atoms with Gasteiger partial charge in [0.05, 0.1) is 16.2 Å². The molecular weight excluding hydrogens is 252 g/mol. The Hall–Kier alpha value is -1.62. The minimum Gasteiger partial charge on any atom is -0.478 e. The molecule has 98 valence electrons. The third-order valence-electron chi connectivity index (χ3n) is 2.68. The van der Waals surface area contributed by atoms with E-state index in [1.807, 2.05) is 0 Å². The molecule has 0 fully saturated rings. The molecule has 1 N–H and O–H groups in total. The lowest BCUT2D eigenvalue weighted by atomic mass is 10.1. The first-order valence-electron chi connectivity index (χ1n) is 5.48. The molecule has 0 aromatic heterocycles. The Morgan fingerprint density at radius 3 is 2.44 bits per heavy atom. The zero-order chi connectivity index (χ0) is 13.9. The van der Waals surface area contributed by atoms with Gasteiger partial charge in [-0.15, -0.1) is 6.58 Å². The van der Waals surface area contributed by atoms with E-state index in [0.29, 0.717) is 17.5 Å². The fourth-order valence-corrected chi connectivity index (χ4v) is 3.29. The quantitative estimate of drug-likeness (QED) is 0.832. The van der Waals surface area contributed by atoms with E-state index < -0.39 is 15.8 Å². The van der Waals surface area contributed by atoms with Crippen LogP contribution in [0.5, 0.6) is 0 Å². The van der Waals surface area contributed by atoms with Crippen LogP contribution < -0.4 is 0 Å². The number of allylic oxidation sites excluding steroid dienone is 1. The van der Waals surface area contributed by atoms with Crippen LogP contribution in [0.25, 0.3) is 0 Å². The second-order valence-electron chi connectivity index (χ2n) is 4.13. The van der Waals surface area contributed by atoms with E-state index in [2.05, 4.69) is 6.58 Å². The number of hydrogen-bond donors (Lipinski definition) is 1. The number of rotatable bonds is 5. The highest BCUT2D eigenvalue weighted by atomic mass is 32.2. The topological polar surface area (TPSA) is 71.4 Å². The zero-order valence-corrected chi connectivity index (χ0v) is 11.3. The van der Waals surface area contributed by atoms with Crippen molar-refractivity contribution in [1.82, 2.24) is 0 Å². The van der Waals surface area contributed by atoms with E-state index in [-0.39, 0.29) is 16.2 Å². The first-order chi connectivity index (χ1) is 8.29. The molecule has 0 aliphatic carbocycles. The van der Waals surface area contributed by atoms with Crippen molar-refractivity contribution >= 4 is 15.8 Å². The minimum atomic E-state index is -3.46. The third-order valence-corrected chi connectivity index (χ3v) is 4.56. The van der Waals surface area contributed by atoms with E-state index in [1.54, 1.807) is 19.9 Å². The summed E-state index contributed by atoms with van der Waals surface area (Å²) in [7, 11) is -3.46. The molecule has 0 amide bonds. The van der Waals surface area contributed by atoms with E-state index in [9.17, 15) is 13.2 Å². The Kier molecular flexibility index (Phi) is 4.29. The first-order valence-corrected chi connectivity index (χ1v) is 7.13. The Morgan fingerprint density at radius 1 is 1.33 bits per heavy atom. The predicted octanol–water partition coefficient (Wildman–Crippen LogP) is 2.35. The molecular formula is C13H16O4S. The number of carboxylic acids is 1. The lowest BCUT2D eigenvalue weighted by Crippen LogP contribution is -2.11. The van der Waals surface area contributed by atoms with E-state index in [0.717, 1.165) is 0 Å². The Labute approximate surface area is 107 Å². The van der Waals surface area contributed by atoms with Crippen molar-refractivity contribution in [2.75, 3.05) is 5.75 Å². The summed E-state index contributed by atoms with van der Waals surface area (Å²) in [6.45, 7) is 6.80. The van der Waals surface area contributed by atoms with Crippen LogP contribution in [-0.4, -0.2) is 25.2 Å². The molecule has 0 aliphatic heterocycles. The Morgan fingerprint density at radius 2 is 1.94 bits per heavy atom. The SMILES string of the molecule is C=CCCS(=O)(=O)c1cc(C(=O)O)c(C)cc1C. The highest BCUT2D eigenvalue weighted by Crippen LogP contribution is 2.22. The van der Waals surface area contributed by atoms with Gasteiger partial charge in [0.2, 0.25) is 0 Å². The standard InChI is InChI=1S/C13H16O4S/c1-4-5-6-18(16,17)12-8-11(13(14)15)9(2)7-10(12)3/h4,7-8H,1,5-6H2,2-3H3,(H,14,15). The number of hydrogen-bond acceptors (Lipinski definition) is 3.